The maximum absolute atomic E-state index is 12.4. The molecule has 138 valence electrons. The molecule has 0 N–H and O–H groups in total. The summed E-state index contributed by atoms with van der Waals surface area (Å²) in [4.78, 5) is 18.9. The van der Waals surface area contributed by atoms with E-state index in [2.05, 4.69) is 9.80 Å². The topological polar surface area (TPSA) is 45.2 Å². The number of carbonyl (C=O) groups excluding carboxylic acids is 1. The SMILES string of the molecule is O=C(CN1CCOCC1)N1CCN(CCOc2ccc(Cl)cc2)CC1. The standard InChI is InChI=1S/C18H26ClN3O3/c19-16-1-3-17(4-2-16)25-14-11-20-5-7-22(8-6-20)18(23)15-21-9-12-24-13-10-21/h1-4H,5-15H2. The lowest BCUT2D eigenvalue weighted by Gasteiger charge is -2.36. The molecule has 2 aliphatic rings. The predicted octanol–water partition coefficient (Wildman–Crippen LogP) is 1.20. The van der Waals surface area contributed by atoms with Gasteiger partial charge in [-0.15, -0.1) is 0 Å². The van der Waals surface area contributed by atoms with Gasteiger partial charge in [0.05, 0.1) is 19.8 Å². The zero-order valence-electron chi connectivity index (χ0n) is 14.5. The van der Waals surface area contributed by atoms with Gasteiger partial charge in [0.15, 0.2) is 0 Å². The van der Waals surface area contributed by atoms with E-state index in [0.717, 1.165) is 64.8 Å². The van der Waals surface area contributed by atoms with Gasteiger partial charge in [0.2, 0.25) is 5.91 Å². The molecule has 0 unspecified atom stereocenters. The van der Waals surface area contributed by atoms with Crippen molar-refractivity contribution in [3.05, 3.63) is 29.3 Å². The van der Waals surface area contributed by atoms with Crippen LogP contribution in [-0.4, -0.2) is 92.8 Å². The first-order valence-corrected chi connectivity index (χ1v) is 9.27. The maximum atomic E-state index is 12.4. The molecule has 7 heteroatoms. The number of hydrogen-bond acceptors (Lipinski definition) is 5. The van der Waals surface area contributed by atoms with E-state index < -0.39 is 0 Å². The van der Waals surface area contributed by atoms with Crippen molar-refractivity contribution >= 4 is 17.5 Å². The van der Waals surface area contributed by atoms with Gasteiger partial charge in [0.1, 0.15) is 12.4 Å². The number of rotatable bonds is 6. The summed E-state index contributed by atoms with van der Waals surface area (Å²) in [6.45, 7) is 8.59. The van der Waals surface area contributed by atoms with Gasteiger partial charge in [0, 0.05) is 50.8 Å². The van der Waals surface area contributed by atoms with Crippen LogP contribution >= 0.6 is 11.6 Å². The Morgan fingerprint density at radius 1 is 1.00 bits per heavy atom. The lowest BCUT2D eigenvalue weighted by atomic mass is 10.3. The highest BCUT2D eigenvalue weighted by Gasteiger charge is 2.23. The molecule has 0 saturated carbocycles. The van der Waals surface area contributed by atoms with Crippen molar-refractivity contribution in [2.24, 2.45) is 0 Å². The number of morpholine rings is 1. The lowest BCUT2D eigenvalue weighted by molar-refractivity contribution is -0.135. The second-order valence-electron chi connectivity index (χ2n) is 6.41. The molecule has 0 aliphatic carbocycles. The molecule has 0 atom stereocenters. The first kappa shape index (κ1) is 18.5. The van der Waals surface area contributed by atoms with Gasteiger partial charge in [-0.3, -0.25) is 14.6 Å². The minimum absolute atomic E-state index is 0.235. The molecule has 0 spiro atoms. The fraction of sp³-hybridized carbons (Fsp3) is 0.611. The highest BCUT2D eigenvalue weighted by molar-refractivity contribution is 6.30. The lowest BCUT2D eigenvalue weighted by Crippen LogP contribution is -2.52. The third kappa shape index (κ3) is 5.85. The summed E-state index contributed by atoms with van der Waals surface area (Å²) in [6, 6.07) is 7.42. The Morgan fingerprint density at radius 3 is 2.36 bits per heavy atom. The van der Waals surface area contributed by atoms with E-state index in [1.807, 2.05) is 29.2 Å². The Labute approximate surface area is 154 Å². The zero-order chi connectivity index (χ0) is 17.5. The third-order valence-corrected chi connectivity index (χ3v) is 4.93. The van der Waals surface area contributed by atoms with E-state index in [1.54, 1.807) is 0 Å². The van der Waals surface area contributed by atoms with Crippen LogP contribution in [0.1, 0.15) is 0 Å². The number of hydrogen-bond donors (Lipinski definition) is 0. The van der Waals surface area contributed by atoms with Gasteiger partial charge in [0.25, 0.3) is 0 Å². The van der Waals surface area contributed by atoms with Crippen molar-refractivity contribution in [2.75, 3.05) is 72.2 Å². The van der Waals surface area contributed by atoms with E-state index in [4.69, 9.17) is 21.1 Å². The molecule has 2 heterocycles. The second kappa shape index (κ2) is 9.38. The molecule has 2 fully saturated rings. The summed E-state index contributed by atoms with van der Waals surface area (Å²) in [7, 11) is 0. The highest BCUT2D eigenvalue weighted by Crippen LogP contribution is 2.15. The summed E-state index contributed by atoms with van der Waals surface area (Å²) in [5.74, 6) is 1.07. The summed E-state index contributed by atoms with van der Waals surface area (Å²) >= 11 is 5.86. The molecule has 2 saturated heterocycles. The average Bonchev–Trinajstić information content (AvgIpc) is 2.65. The minimum Gasteiger partial charge on any atom is -0.492 e. The highest BCUT2D eigenvalue weighted by atomic mass is 35.5. The first-order chi connectivity index (χ1) is 12.2. The summed E-state index contributed by atoms with van der Waals surface area (Å²) < 4.78 is 11.1. The van der Waals surface area contributed by atoms with Crippen molar-refractivity contribution in [2.45, 2.75) is 0 Å². The Bertz CT molecular complexity index is 541. The maximum Gasteiger partial charge on any atom is 0.236 e. The number of piperazine rings is 1. The van der Waals surface area contributed by atoms with Crippen LogP contribution in [0.3, 0.4) is 0 Å². The van der Waals surface area contributed by atoms with Crippen LogP contribution in [0.25, 0.3) is 0 Å². The number of amides is 1. The molecule has 2 aliphatic heterocycles. The summed E-state index contributed by atoms with van der Waals surface area (Å²) in [5.41, 5.74) is 0. The average molecular weight is 368 g/mol. The van der Waals surface area contributed by atoms with Gasteiger partial charge in [-0.25, -0.2) is 0 Å². The predicted molar refractivity (Wildman–Crippen MR) is 97.2 cm³/mol. The van der Waals surface area contributed by atoms with Crippen molar-refractivity contribution in [1.82, 2.24) is 14.7 Å². The Morgan fingerprint density at radius 2 is 1.68 bits per heavy atom. The van der Waals surface area contributed by atoms with Crippen LogP contribution in [0.2, 0.25) is 5.02 Å². The van der Waals surface area contributed by atoms with E-state index >= 15 is 0 Å². The van der Waals surface area contributed by atoms with E-state index in [0.29, 0.717) is 18.2 Å². The van der Waals surface area contributed by atoms with Crippen LogP contribution in [0.4, 0.5) is 0 Å². The minimum atomic E-state index is 0.235. The van der Waals surface area contributed by atoms with Gasteiger partial charge < -0.3 is 14.4 Å². The molecule has 25 heavy (non-hydrogen) atoms. The molecule has 0 radical (unpaired) electrons. The van der Waals surface area contributed by atoms with Gasteiger partial charge >= 0.3 is 0 Å². The van der Waals surface area contributed by atoms with Gasteiger partial charge in [-0.05, 0) is 24.3 Å². The molecular weight excluding hydrogens is 342 g/mol. The summed E-state index contributed by atoms with van der Waals surface area (Å²) in [5, 5.41) is 0.713. The van der Waals surface area contributed by atoms with Crippen LogP contribution in [0.5, 0.6) is 5.75 Å². The fourth-order valence-corrected chi connectivity index (χ4v) is 3.22. The van der Waals surface area contributed by atoms with Crippen LogP contribution < -0.4 is 4.74 Å². The smallest absolute Gasteiger partial charge is 0.236 e. The van der Waals surface area contributed by atoms with E-state index in [9.17, 15) is 4.79 Å². The van der Waals surface area contributed by atoms with Crippen LogP contribution in [0, 0.1) is 0 Å². The second-order valence-corrected chi connectivity index (χ2v) is 6.85. The molecule has 1 aromatic carbocycles. The zero-order valence-corrected chi connectivity index (χ0v) is 15.3. The molecule has 6 nitrogen and oxygen atoms in total. The summed E-state index contributed by atoms with van der Waals surface area (Å²) in [6.07, 6.45) is 0. The van der Waals surface area contributed by atoms with E-state index in [1.165, 1.54) is 0 Å². The Hall–Kier alpha value is -1.34. The van der Waals surface area contributed by atoms with Crippen LogP contribution in [-0.2, 0) is 9.53 Å². The van der Waals surface area contributed by atoms with Gasteiger partial charge in [-0.2, -0.15) is 0 Å². The monoisotopic (exact) mass is 367 g/mol. The number of benzene rings is 1. The number of carbonyl (C=O) groups is 1. The fourth-order valence-electron chi connectivity index (χ4n) is 3.09. The van der Waals surface area contributed by atoms with Crippen molar-refractivity contribution < 1.29 is 14.3 Å². The largest absolute Gasteiger partial charge is 0.492 e. The first-order valence-electron chi connectivity index (χ1n) is 8.89. The number of halogens is 1. The normalized spacial score (nSPS) is 19.8. The Kier molecular flexibility index (Phi) is 6.93. The molecule has 0 aromatic heterocycles. The van der Waals surface area contributed by atoms with Crippen molar-refractivity contribution in [3.8, 4) is 5.75 Å². The molecule has 1 amide bonds. The molecule has 1 aromatic rings. The number of ether oxygens (including phenoxy) is 2. The molecular formula is C18H26ClN3O3. The van der Waals surface area contributed by atoms with Crippen molar-refractivity contribution in [1.29, 1.82) is 0 Å². The third-order valence-electron chi connectivity index (χ3n) is 4.68. The number of nitrogens with zero attached hydrogens (tertiary/aromatic N) is 3. The van der Waals surface area contributed by atoms with Crippen molar-refractivity contribution in [3.63, 3.8) is 0 Å². The quantitative estimate of drug-likeness (QED) is 0.756. The van der Waals surface area contributed by atoms with Crippen LogP contribution in [0.15, 0.2) is 24.3 Å². The molecule has 3 rings (SSSR count). The molecule has 0 bridgehead atoms. The van der Waals surface area contributed by atoms with Gasteiger partial charge in [-0.1, -0.05) is 11.6 Å². The Balaban J connectivity index is 1.32. The van der Waals surface area contributed by atoms with E-state index in [-0.39, 0.29) is 5.91 Å².